The Morgan fingerprint density at radius 2 is 1.97 bits per heavy atom. The van der Waals surface area contributed by atoms with Crippen LogP contribution in [0.1, 0.15) is 38.3 Å². The molecule has 7 N–H and O–H groups in total. The Morgan fingerprint density at radius 1 is 1.23 bits per heavy atom. The van der Waals surface area contributed by atoms with Gasteiger partial charge in [-0.25, -0.2) is 19.2 Å². The lowest BCUT2D eigenvalue weighted by molar-refractivity contribution is -0.151. The number of carboxylic acids is 2. The largest absolute Gasteiger partial charge is 0.481 e. The van der Waals surface area contributed by atoms with Crippen LogP contribution in [0.2, 0.25) is 0 Å². The van der Waals surface area contributed by atoms with Crippen LogP contribution in [0.15, 0.2) is 42.7 Å². The summed E-state index contributed by atoms with van der Waals surface area (Å²) in [4.78, 5) is 44.3. The minimum atomic E-state index is -1.58. The number of nitrogen functional groups attached to an aromatic ring is 1. The van der Waals surface area contributed by atoms with Crippen LogP contribution < -0.4 is 21.5 Å². The van der Waals surface area contributed by atoms with Gasteiger partial charge < -0.3 is 36.6 Å². The number of carbonyl (C=O) groups is 3. The van der Waals surface area contributed by atoms with E-state index in [1.54, 1.807) is 0 Å². The lowest BCUT2D eigenvalue weighted by Crippen LogP contribution is -2.45. The molecule has 1 saturated heterocycles. The molecule has 2 unspecified atom stereocenters. The minimum Gasteiger partial charge on any atom is -0.481 e. The van der Waals surface area contributed by atoms with Crippen molar-refractivity contribution in [1.29, 1.82) is 0 Å². The molecule has 2 aromatic rings. The molecule has 2 heterocycles. The first-order valence-corrected chi connectivity index (χ1v) is 12.3. The summed E-state index contributed by atoms with van der Waals surface area (Å²) in [6.07, 6.45) is 6.35. The van der Waals surface area contributed by atoms with Gasteiger partial charge in [-0.15, -0.1) is 0 Å². The maximum Gasteiger partial charge on any atom is 0.316 e. The molecule has 1 aliphatic heterocycles. The summed E-state index contributed by atoms with van der Waals surface area (Å²) in [6.45, 7) is 3.27. The summed E-state index contributed by atoms with van der Waals surface area (Å²) >= 11 is 0. The highest BCUT2D eigenvalue weighted by Crippen LogP contribution is 2.45. The van der Waals surface area contributed by atoms with Crippen LogP contribution >= 0.6 is 0 Å². The first kappa shape index (κ1) is 29.3. The van der Waals surface area contributed by atoms with Crippen molar-refractivity contribution >= 4 is 23.7 Å². The normalized spacial score (nSPS) is 24.3. The van der Waals surface area contributed by atoms with Crippen LogP contribution in [0, 0.1) is 11.2 Å². The Hall–Kier alpha value is -4.26. The fraction of sp³-hybridized carbons (Fsp3) is 0.423. The molecule has 2 aliphatic rings. The van der Waals surface area contributed by atoms with E-state index in [0.717, 1.165) is 25.4 Å². The van der Waals surface area contributed by atoms with E-state index in [1.165, 1.54) is 43.7 Å². The first-order chi connectivity index (χ1) is 18.4. The zero-order chi connectivity index (χ0) is 28.8. The summed E-state index contributed by atoms with van der Waals surface area (Å²) in [5.41, 5.74) is 7.80. The van der Waals surface area contributed by atoms with E-state index in [0.29, 0.717) is 12.6 Å². The predicted octanol–water partition coefficient (Wildman–Crippen LogP) is 2.50. The van der Waals surface area contributed by atoms with Gasteiger partial charge in [0, 0.05) is 30.4 Å². The number of likely N-dealkylation sites (tertiary alicyclic amines) is 1. The Labute approximate surface area is 224 Å². The number of amides is 2. The summed E-state index contributed by atoms with van der Waals surface area (Å²) in [7, 11) is 2.07. The molecule has 1 aromatic carbocycles. The highest BCUT2D eigenvalue weighted by atomic mass is 19.1. The molecule has 1 aromatic heterocycles. The molecule has 13 heteroatoms. The van der Waals surface area contributed by atoms with Crippen molar-refractivity contribution in [1.82, 2.24) is 20.2 Å². The van der Waals surface area contributed by atoms with Crippen LogP contribution in [-0.4, -0.2) is 69.2 Å². The van der Waals surface area contributed by atoms with Crippen molar-refractivity contribution in [3.05, 3.63) is 54.3 Å². The van der Waals surface area contributed by atoms with Crippen LogP contribution in [0.25, 0.3) is 0 Å². The molecule has 0 bridgehead atoms. The van der Waals surface area contributed by atoms with Gasteiger partial charge in [0.25, 0.3) is 0 Å². The number of nitrogens with zero attached hydrogens (tertiary/aromatic N) is 3. The number of anilines is 1. The van der Waals surface area contributed by atoms with Crippen LogP contribution in [0.5, 0.6) is 11.6 Å². The number of nitrogens with two attached hydrogens (primary N) is 2. The molecule has 0 spiro atoms. The van der Waals surface area contributed by atoms with Gasteiger partial charge in [-0.3, -0.25) is 9.59 Å². The van der Waals surface area contributed by atoms with Crippen molar-refractivity contribution < 1.29 is 33.7 Å². The highest BCUT2D eigenvalue weighted by Gasteiger charge is 2.51. The molecule has 3 atom stereocenters. The fourth-order valence-electron chi connectivity index (χ4n) is 4.72. The monoisotopic (exact) mass is 544 g/mol. The van der Waals surface area contributed by atoms with E-state index in [1.807, 2.05) is 0 Å². The zero-order valence-corrected chi connectivity index (χ0v) is 21.8. The molecule has 1 aliphatic carbocycles. The summed E-state index contributed by atoms with van der Waals surface area (Å²) in [5, 5.41) is 22.0. The Bertz CT molecular complexity index is 1260. The van der Waals surface area contributed by atoms with Gasteiger partial charge in [0.05, 0.1) is 11.1 Å². The molecule has 1 fully saturated rings. The van der Waals surface area contributed by atoms with Crippen molar-refractivity contribution in [3.63, 3.8) is 0 Å². The molecule has 2 amide bonds. The third-order valence-corrected chi connectivity index (χ3v) is 7.01. The lowest BCUT2D eigenvalue weighted by Gasteiger charge is -2.37. The van der Waals surface area contributed by atoms with Gasteiger partial charge in [-0.2, -0.15) is 0 Å². The van der Waals surface area contributed by atoms with Gasteiger partial charge in [0.2, 0.25) is 5.88 Å². The average molecular weight is 545 g/mol. The Kier molecular flexibility index (Phi) is 9.07. The molecule has 39 heavy (non-hydrogen) atoms. The molecule has 0 radical (unpaired) electrons. The number of ether oxygens (including phenoxy) is 1. The fourth-order valence-corrected chi connectivity index (χ4v) is 4.72. The Morgan fingerprint density at radius 3 is 2.56 bits per heavy atom. The smallest absolute Gasteiger partial charge is 0.316 e. The molecule has 12 nitrogen and oxygen atoms in total. The predicted molar refractivity (Wildman–Crippen MR) is 140 cm³/mol. The van der Waals surface area contributed by atoms with E-state index in [-0.39, 0.29) is 35.9 Å². The number of carbonyl (C=O) groups excluding carboxylic acids is 1. The van der Waals surface area contributed by atoms with Crippen LogP contribution in [-0.2, 0) is 15.0 Å². The number of primary amides is 1. The van der Waals surface area contributed by atoms with E-state index >= 15 is 0 Å². The first-order valence-electron chi connectivity index (χ1n) is 12.3. The van der Waals surface area contributed by atoms with Crippen molar-refractivity contribution in [2.24, 2.45) is 11.1 Å². The average Bonchev–Trinajstić information content (AvgIpc) is 3.29. The number of halogens is 1. The summed E-state index contributed by atoms with van der Waals surface area (Å²) in [6, 6.07) is 5.20. The van der Waals surface area contributed by atoms with Gasteiger partial charge in [0.15, 0.2) is 11.6 Å². The topological polar surface area (TPSA) is 194 Å². The molecular weight excluding hydrogens is 511 g/mol. The second kappa shape index (κ2) is 12.1. The van der Waals surface area contributed by atoms with Crippen LogP contribution in [0.4, 0.5) is 14.9 Å². The van der Waals surface area contributed by atoms with Crippen molar-refractivity contribution in [2.75, 3.05) is 25.9 Å². The SMILES string of the molecule is CC1(C(=O)O)C=CCC(C(=O)O)(c2cc(Oc3ccc(N)cc3F)ncn2)C1.CN1CCC[C@@H]1CNC(N)=O. The number of hydrogen-bond donors (Lipinski definition) is 5. The molecular formula is C26H33FN6O6. The van der Waals surface area contributed by atoms with Crippen molar-refractivity contribution in [2.45, 2.75) is 44.1 Å². The maximum absolute atomic E-state index is 14.0. The second-order valence-electron chi connectivity index (χ2n) is 9.95. The third-order valence-electron chi connectivity index (χ3n) is 7.01. The number of urea groups is 1. The number of hydrogen-bond acceptors (Lipinski definition) is 8. The summed E-state index contributed by atoms with van der Waals surface area (Å²) < 4.78 is 19.4. The molecule has 4 rings (SSSR count). The van der Waals surface area contributed by atoms with E-state index in [4.69, 9.17) is 16.2 Å². The van der Waals surface area contributed by atoms with E-state index in [9.17, 15) is 29.0 Å². The standard InChI is InChI=1S/C19H18FN3O5.C7H15N3O/c1-18(16(24)25)5-2-6-19(9-18,17(26)27)14-8-15(23-10-22-14)28-13-4-3-11(21)7-12(13)20;1-10-4-2-3-6(10)5-9-7(8)11/h2-5,7-8,10H,6,9,21H2,1H3,(H,24,25)(H,26,27);6H,2-5H2,1H3,(H3,8,9,11)/t;6-/m.1/s1. The van der Waals surface area contributed by atoms with Gasteiger partial charge in [-0.1, -0.05) is 12.2 Å². The third kappa shape index (κ3) is 6.99. The highest BCUT2D eigenvalue weighted by molar-refractivity contribution is 5.85. The minimum absolute atomic E-state index is 0.0535. The second-order valence-corrected chi connectivity index (χ2v) is 9.95. The van der Waals surface area contributed by atoms with Gasteiger partial charge in [0.1, 0.15) is 11.7 Å². The molecule has 210 valence electrons. The maximum atomic E-state index is 14.0. The van der Waals surface area contributed by atoms with E-state index in [2.05, 4.69) is 27.2 Å². The van der Waals surface area contributed by atoms with E-state index < -0.39 is 34.6 Å². The number of likely N-dealkylation sites (N-methyl/N-ethyl adjacent to an activating group) is 1. The van der Waals surface area contributed by atoms with Crippen LogP contribution in [0.3, 0.4) is 0 Å². The zero-order valence-electron chi connectivity index (χ0n) is 21.8. The van der Waals surface area contributed by atoms with Gasteiger partial charge >= 0.3 is 18.0 Å². The Balaban J connectivity index is 0.000000320. The number of nitrogens with one attached hydrogen (secondary N) is 1. The summed E-state index contributed by atoms with van der Waals surface area (Å²) in [5.74, 6) is -3.26. The quantitative estimate of drug-likeness (QED) is 0.255. The molecule has 0 saturated carbocycles. The number of rotatable bonds is 7. The number of aromatic nitrogens is 2. The number of aliphatic carboxylic acids is 2. The number of allylic oxidation sites excluding steroid dienone is 1. The van der Waals surface area contributed by atoms with Gasteiger partial charge in [-0.05, 0) is 58.3 Å². The van der Waals surface area contributed by atoms with Crippen molar-refractivity contribution in [3.8, 4) is 11.6 Å². The lowest BCUT2D eigenvalue weighted by atomic mass is 9.64. The number of benzene rings is 1. The number of carboxylic acid groups (broad SMARTS) is 2.